The molecule has 1 heterocycles. The van der Waals surface area contributed by atoms with Gasteiger partial charge in [0.15, 0.2) is 23.0 Å². The summed E-state index contributed by atoms with van der Waals surface area (Å²) in [6.07, 6.45) is 3.26. The number of carbonyl (C=O) groups excluding carboxylic acids is 1. The van der Waals surface area contributed by atoms with Crippen molar-refractivity contribution in [3.8, 4) is 0 Å². The van der Waals surface area contributed by atoms with Crippen LogP contribution in [0.25, 0.3) is 0 Å². The zero-order valence-corrected chi connectivity index (χ0v) is 9.51. The predicted octanol–water partition coefficient (Wildman–Crippen LogP) is 1.07. The van der Waals surface area contributed by atoms with Crippen molar-refractivity contribution >= 4 is 51.8 Å². The second kappa shape index (κ2) is 4.14. The van der Waals surface area contributed by atoms with Crippen molar-refractivity contribution in [2.24, 2.45) is 0 Å². The molecule has 0 aliphatic rings. The molecule has 0 unspecified atom stereocenters. The molecule has 1 aromatic rings. The highest BCUT2D eigenvalue weighted by Crippen LogP contribution is 1.96. The Morgan fingerprint density at radius 2 is 2.45 bits per heavy atom. The van der Waals surface area contributed by atoms with Gasteiger partial charge in [-0.05, 0) is 4.98 Å². The minimum absolute atomic E-state index is 0.280. The number of hydrogen-bond donors (Lipinski definition) is 0. The van der Waals surface area contributed by atoms with Crippen LogP contribution < -0.4 is 2.78 Å². The van der Waals surface area contributed by atoms with Crippen molar-refractivity contribution in [3.05, 3.63) is 24.3 Å². The Balaban J connectivity index is 3.03. The van der Waals surface area contributed by atoms with Gasteiger partial charge in [0.05, 0.1) is 0 Å². The van der Waals surface area contributed by atoms with Gasteiger partial charge in [-0.3, -0.25) is 0 Å². The number of carbonyl (C=O) groups is 1. The summed E-state index contributed by atoms with van der Waals surface area (Å²) in [6, 6.07) is 1.73. The highest BCUT2D eigenvalue weighted by Gasteiger charge is 2.20. The van der Waals surface area contributed by atoms with Crippen LogP contribution in [0.1, 0.15) is 10.6 Å². The number of aromatic nitrogens is 2. The molecule has 11 heavy (non-hydrogen) atoms. The van der Waals surface area contributed by atoms with Crippen molar-refractivity contribution in [1.82, 2.24) is 4.98 Å². The quantitative estimate of drug-likeness (QED) is 0.689. The van der Waals surface area contributed by atoms with Crippen molar-refractivity contribution in [1.29, 1.82) is 0 Å². The molecule has 0 saturated heterocycles. The molecule has 0 atom stereocenters. The molecule has 0 bridgehead atoms. The average Bonchev–Trinajstić information content (AvgIpc) is 2.04. The molecule has 58 valence electrons. The van der Waals surface area contributed by atoms with Gasteiger partial charge in [0.25, 0.3) is 0 Å². The van der Waals surface area contributed by atoms with E-state index in [1.807, 2.05) is 22.9 Å². The summed E-state index contributed by atoms with van der Waals surface area (Å²) in [5.41, 5.74) is 0. The van der Waals surface area contributed by atoms with Gasteiger partial charge in [0.1, 0.15) is 12.4 Å². The first-order chi connectivity index (χ1) is 5.25. The van der Waals surface area contributed by atoms with E-state index in [-0.39, 0.29) is 5.82 Å². The van der Waals surface area contributed by atoms with Gasteiger partial charge in [-0.15, -0.1) is 0 Å². The minimum atomic E-state index is -0.444. The van der Waals surface area contributed by atoms with E-state index in [1.54, 1.807) is 15.0 Å². The lowest BCUT2D eigenvalue weighted by atomic mass is 10.6. The maximum absolute atomic E-state index is 10.9. The Hall–Kier alpha value is 0.0100. The number of halogens is 2. The molecule has 6 heteroatoms. The molecule has 0 aromatic carbocycles. The normalized spacial score (nSPS) is 9.27. The van der Waals surface area contributed by atoms with E-state index in [9.17, 15) is 4.79 Å². The van der Waals surface area contributed by atoms with Crippen molar-refractivity contribution < 1.29 is 10.6 Å². The van der Waals surface area contributed by atoms with Gasteiger partial charge in [-0.2, -0.15) is 2.78 Å². The molecule has 0 fully saturated rings. The Bertz CT molecular complexity index is 279. The largest absolute Gasteiger partial charge is 0.436 e. The van der Waals surface area contributed by atoms with Crippen LogP contribution in [0.4, 0.5) is 0 Å². The van der Waals surface area contributed by atoms with E-state index in [1.165, 1.54) is 29.2 Å². The molecule has 0 spiro atoms. The molecule has 0 amide bonds. The fourth-order valence-electron chi connectivity index (χ4n) is 0.528. The van der Waals surface area contributed by atoms with E-state index in [0.29, 0.717) is 0 Å². The van der Waals surface area contributed by atoms with Gasteiger partial charge in [-0.25, -0.2) is 4.79 Å². The van der Waals surface area contributed by atoms with Crippen molar-refractivity contribution in [2.45, 2.75) is 0 Å². The first-order valence-corrected chi connectivity index (χ1v) is 4.46. The van der Waals surface area contributed by atoms with Crippen LogP contribution >= 0.6 is 45.9 Å². The Kier molecular flexibility index (Phi) is 3.43. The fourth-order valence-corrected chi connectivity index (χ4v) is 1.23. The van der Waals surface area contributed by atoms with Crippen LogP contribution in [0.5, 0.6) is 0 Å². The molecule has 1 aromatic heterocycles. The van der Waals surface area contributed by atoms with E-state index in [2.05, 4.69) is 8.05 Å². The zero-order chi connectivity index (χ0) is 8.27. The lowest BCUT2D eigenvalue weighted by Gasteiger charge is -1.89. The summed E-state index contributed by atoms with van der Waals surface area (Å²) in [5.74, 6) is -0.164. The summed E-state index contributed by atoms with van der Waals surface area (Å²) < 4.78 is 6.03. The second-order valence-electron chi connectivity index (χ2n) is 1.62. The Labute approximate surface area is 91.2 Å². The predicted molar refractivity (Wildman–Crippen MR) is 53.3 cm³/mol. The Morgan fingerprint density at radius 1 is 1.73 bits per heavy atom. The van der Waals surface area contributed by atoms with Gasteiger partial charge in [0, 0.05) is 6.07 Å². The molecule has 1 rings (SSSR count). The second-order valence-corrected chi connectivity index (χ2v) is 3.10. The molecule has 0 saturated carbocycles. The first-order valence-electron chi connectivity index (χ1n) is 2.61. The van der Waals surface area contributed by atoms with Crippen molar-refractivity contribution in [3.63, 3.8) is 0 Å². The molecule has 4 nitrogen and oxygen atoms in total. The molecule has 0 aliphatic heterocycles. The number of nitrogens with zero attached hydrogens (tertiary/aromatic N) is 2. The molecular weight excluding hydrogens is 374 g/mol. The third kappa shape index (κ3) is 2.22. The Morgan fingerprint density at radius 3 is 3.00 bits per heavy atom. The highest BCUT2D eigenvalue weighted by atomic mass is 127. The van der Waals surface area contributed by atoms with Crippen LogP contribution in [0, 0.1) is 0 Å². The summed E-state index contributed by atoms with van der Waals surface area (Å²) >= 11 is 3.48. The summed E-state index contributed by atoms with van der Waals surface area (Å²) in [6.45, 7) is 0. The summed E-state index contributed by atoms with van der Waals surface area (Å²) in [5, 5.41) is 0. The lowest BCUT2D eigenvalue weighted by Crippen LogP contribution is -2.30. The molecule has 0 N–H and O–H groups in total. The van der Waals surface area contributed by atoms with E-state index < -0.39 is 5.97 Å². The molecule has 0 radical (unpaired) electrons. The van der Waals surface area contributed by atoms with E-state index in [4.69, 9.17) is 0 Å². The minimum Gasteiger partial charge on any atom is -0.385 e. The van der Waals surface area contributed by atoms with Crippen LogP contribution in [0.3, 0.4) is 0 Å². The summed E-state index contributed by atoms with van der Waals surface area (Å²) in [7, 11) is 0. The van der Waals surface area contributed by atoms with E-state index in [0.717, 1.165) is 0 Å². The zero-order valence-electron chi connectivity index (χ0n) is 5.20. The smallest absolute Gasteiger partial charge is 0.385 e. The van der Waals surface area contributed by atoms with Crippen LogP contribution in [-0.4, -0.2) is 11.0 Å². The summed E-state index contributed by atoms with van der Waals surface area (Å²) in [4.78, 5) is 14.7. The van der Waals surface area contributed by atoms with Crippen LogP contribution in [-0.2, 0) is 3.07 Å². The number of hydrogen-bond acceptors (Lipinski definition) is 3. The molecular formula is C5H3I2N2O2+. The maximum atomic E-state index is 10.9. The number of rotatable bonds is 1. The first kappa shape index (κ1) is 9.10. The highest BCUT2D eigenvalue weighted by molar-refractivity contribution is 14.1. The average molecular weight is 377 g/mol. The van der Waals surface area contributed by atoms with Gasteiger partial charge >= 0.3 is 11.8 Å². The van der Waals surface area contributed by atoms with Crippen molar-refractivity contribution in [2.75, 3.05) is 0 Å². The monoisotopic (exact) mass is 377 g/mol. The maximum Gasteiger partial charge on any atom is 0.436 e. The SMILES string of the molecule is O=C(OI)c1nccc[n+]1I. The van der Waals surface area contributed by atoms with Gasteiger partial charge in [-0.1, -0.05) is 0 Å². The van der Waals surface area contributed by atoms with Gasteiger partial charge < -0.3 is 3.07 Å². The van der Waals surface area contributed by atoms with E-state index >= 15 is 0 Å². The lowest BCUT2D eigenvalue weighted by molar-refractivity contribution is -0.449. The van der Waals surface area contributed by atoms with Crippen LogP contribution in [0.15, 0.2) is 18.5 Å². The van der Waals surface area contributed by atoms with Crippen LogP contribution in [0.2, 0.25) is 0 Å². The fraction of sp³-hybridized carbons (Fsp3) is 0. The third-order valence-electron chi connectivity index (χ3n) is 0.955. The van der Waals surface area contributed by atoms with Gasteiger partial charge in [0.2, 0.25) is 22.9 Å². The third-order valence-corrected chi connectivity index (χ3v) is 2.13. The standard InChI is InChI=1S/C5H3I2N2O2/c6-9-3-1-2-8-4(9)5(10)11-7/h1-3H/q+1. The topological polar surface area (TPSA) is 43.1 Å². The molecule has 0 aliphatic carbocycles.